The van der Waals surface area contributed by atoms with E-state index in [0.717, 1.165) is 6.42 Å². The van der Waals surface area contributed by atoms with Gasteiger partial charge in [-0.3, -0.25) is 4.79 Å². The molecule has 3 nitrogen and oxygen atoms in total. The first-order valence-electron chi connectivity index (χ1n) is 3.69. The van der Waals surface area contributed by atoms with Gasteiger partial charge < -0.3 is 9.47 Å². The Hall–Kier alpha value is -0.990. The smallest absolute Gasteiger partial charge is 0.305 e. The van der Waals surface area contributed by atoms with Gasteiger partial charge in [-0.15, -0.1) is 0 Å². The lowest BCUT2D eigenvalue weighted by Crippen LogP contribution is -2.05. The molecular formula is C8H14O3. The lowest BCUT2D eigenvalue weighted by Gasteiger charge is -2.01. The molecule has 0 atom stereocenters. The van der Waals surface area contributed by atoms with Crippen molar-refractivity contribution in [1.82, 2.24) is 0 Å². The lowest BCUT2D eigenvalue weighted by molar-refractivity contribution is -0.143. The van der Waals surface area contributed by atoms with E-state index in [1.54, 1.807) is 6.92 Å². The number of hydrogen-bond acceptors (Lipinski definition) is 3. The minimum atomic E-state index is -0.163. The third kappa shape index (κ3) is 6.90. The van der Waals surface area contributed by atoms with Crippen molar-refractivity contribution in [3.8, 4) is 0 Å². The Morgan fingerprint density at radius 1 is 1.55 bits per heavy atom. The van der Waals surface area contributed by atoms with E-state index < -0.39 is 0 Å². The molecule has 0 aliphatic heterocycles. The summed E-state index contributed by atoms with van der Waals surface area (Å²) < 4.78 is 9.61. The highest BCUT2D eigenvalue weighted by Crippen LogP contribution is 1.88. The van der Waals surface area contributed by atoms with Crippen LogP contribution in [-0.4, -0.2) is 19.2 Å². The summed E-state index contributed by atoms with van der Waals surface area (Å²) in [6, 6.07) is 0. The minimum Gasteiger partial charge on any atom is -0.502 e. The Bertz CT molecular complexity index is 121. The van der Waals surface area contributed by atoms with Crippen LogP contribution in [0.4, 0.5) is 0 Å². The van der Waals surface area contributed by atoms with Gasteiger partial charge in [0, 0.05) is 12.8 Å². The zero-order valence-electron chi connectivity index (χ0n) is 6.84. The number of carbonyl (C=O) groups is 1. The predicted octanol–water partition coefficient (Wildman–Crippen LogP) is 1.49. The molecule has 0 aromatic rings. The van der Waals surface area contributed by atoms with Crippen molar-refractivity contribution < 1.29 is 14.3 Å². The molecule has 3 heteroatoms. The van der Waals surface area contributed by atoms with Gasteiger partial charge in [0.25, 0.3) is 0 Å². The van der Waals surface area contributed by atoms with Crippen LogP contribution in [0.2, 0.25) is 0 Å². The molecule has 0 heterocycles. The maximum absolute atomic E-state index is 10.6. The van der Waals surface area contributed by atoms with Crippen molar-refractivity contribution >= 4 is 5.97 Å². The van der Waals surface area contributed by atoms with Gasteiger partial charge in [-0.25, -0.2) is 0 Å². The van der Waals surface area contributed by atoms with Gasteiger partial charge in [0.1, 0.15) is 0 Å². The van der Waals surface area contributed by atoms with E-state index in [4.69, 9.17) is 9.47 Å². The Kier molecular flexibility index (Phi) is 6.48. The molecule has 0 aromatic carbocycles. The van der Waals surface area contributed by atoms with Crippen LogP contribution in [0.3, 0.4) is 0 Å². The van der Waals surface area contributed by atoms with E-state index in [1.165, 1.54) is 6.26 Å². The maximum Gasteiger partial charge on any atom is 0.305 e. The van der Waals surface area contributed by atoms with Gasteiger partial charge in [0.15, 0.2) is 0 Å². The van der Waals surface area contributed by atoms with Crippen LogP contribution in [0.5, 0.6) is 0 Å². The van der Waals surface area contributed by atoms with Crippen molar-refractivity contribution in [2.45, 2.75) is 19.8 Å². The molecular weight excluding hydrogens is 144 g/mol. The first kappa shape index (κ1) is 10.0. The Morgan fingerprint density at radius 3 is 2.82 bits per heavy atom. The van der Waals surface area contributed by atoms with Gasteiger partial charge in [-0.2, -0.15) is 0 Å². The third-order valence-corrected chi connectivity index (χ3v) is 1.08. The normalized spacial score (nSPS) is 8.82. The van der Waals surface area contributed by atoms with E-state index >= 15 is 0 Å². The van der Waals surface area contributed by atoms with Gasteiger partial charge in [-0.05, 0) is 0 Å². The van der Waals surface area contributed by atoms with Crippen molar-refractivity contribution in [1.29, 1.82) is 0 Å². The molecule has 11 heavy (non-hydrogen) atoms. The van der Waals surface area contributed by atoms with Crippen molar-refractivity contribution in [3.05, 3.63) is 12.8 Å². The summed E-state index contributed by atoms with van der Waals surface area (Å²) in [5.41, 5.74) is 0. The quantitative estimate of drug-likeness (QED) is 0.334. The van der Waals surface area contributed by atoms with E-state index in [1.807, 2.05) is 0 Å². The molecule has 0 radical (unpaired) electrons. The first-order chi connectivity index (χ1) is 5.31. The number of hydrogen-bond donors (Lipinski definition) is 0. The summed E-state index contributed by atoms with van der Waals surface area (Å²) in [6.07, 6.45) is 2.53. The van der Waals surface area contributed by atoms with Crippen LogP contribution in [-0.2, 0) is 14.3 Å². The third-order valence-electron chi connectivity index (χ3n) is 1.08. The highest BCUT2D eigenvalue weighted by molar-refractivity contribution is 5.68. The van der Waals surface area contributed by atoms with Crippen LogP contribution in [0, 0.1) is 0 Å². The van der Waals surface area contributed by atoms with Crippen molar-refractivity contribution in [3.63, 3.8) is 0 Å². The summed E-state index contributed by atoms with van der Waals surface area (Å²) in [5, 5.41) is 0. The molecule has 0 saturated heterocycles. The lowest BCUT2D eigenvalue weighted by atomic mass is 10.5. The van der Waals surface area contributed by atoms with Gasteiger partial charge >= 0.3 is 5.97 Å². The standard InChI is InChI=1S/C8H14O3/c1-3-8(9)11-7-5-6-10-4-2/h4H,2-3,5-7H2,1H3. The van der Waals surface area contributed by atoms with E-state index in [-0.39, 0.29) is 5.97 Å². The fraction of sp³-hybridized carbons (Fsp3) is 0.625. The zero-order valence-corrected chi connectivity index (χ0v) is 6.84. The van der Waals surface area contributed by atoms with E-state index in [0.29, 0.717) is 19.6 Å². The van der Waals surface area contributed by atoms with Crippen molar-refractivity contribution in [2.75, 3.05) is 13.2 Å². The number of esters is 1. The summed E-state index contributed by atoms with van der Waals surface area (Å²) in [7, 11) is 0. The fourth-order valence-corrected chi connectivity index (χ4v) is 0.514. The van der Waals surface area contributed by atoms with Crippen LogP contribution in [0.25, 0.3) is 0 Å². The summed E-state index contributed by atoms with van der Waals surface area (Å²) in [4.78, 5) is 10.6. The number of rotatable bonds is 6. The average molecular weight is 158 g/mol. The molecule has 0 saturated carbocycles. The molecule has 0 spiro atoms. The van der Waals surface area contributed by atoms with Crippen LogP contribution in [0.15, 0.2) is 12.8 Å². The molecule has 0 bridgehead atoms. The second-order valence-electron chi connectivity index (χ2n) is 1.97. The van der Waals surface area contributed by atoms with Crippen LogP contribution in [0.1, 0.15) is 19.8 Å². The second kappa shape index (κ2) is 7.12. The van der Waals surface area contributed by atoms with Crippen LogP contribution < -0.4 is 0 Å². The SMILES string of the molecule is C=COCCCOC(=O)CC. The number of ether oxygens (including phenoxy) is 2. The van der Waals surface area contributed by atoms with Gasteiger partial charge in [0.05, 0.1) is 19.5 Å². The van der Waals surface area contributed by atoms with E-state index in [9.17, 15) is 4.79 Å². The molecule has 0 N–H and O–H groups in total. The second-order valence-corrected chi connectivity index (χ2v) is 1.97. The molecule has 0 aliphatic rings. The topological polar surface area (TPSA) is 35.5 Å². The molecule has 0 unspecified atom stereocenters. The Balaban J connectivity index is 3.01. The monoisotopic (exact) mass is 158 g/mol. The number of carbonyl (C=O) groups excluding carboxylic acids is 1. The van der Waals surface area contributed by atoms with Gasteiger partial charge in [-0.1, -0.05) is 13.5 Å². The molecule has 0 rings (SSSR count). The first-order valence-corrected chi connectivity index (χ1v) is 3.69. The molecule has 0 amide bonds. The Labute approximate surface area is 67.0 Å². The summed E-state index contributed by atoms with van der Waals surface area (Å²) >= 11 is 0. The Morgan fingerprint density at radius 2 is 2.27 bits per heavy atom. The predicted molar refractivity (Wildman–Crippen MR) is 42.0 cm³/mol. The summed E-state index contributed by atoms with van der Waals surface area (Å²) in [5.74, 6) is -0.163. The van der Waals surface area contributed by atoms with E-state index in [2.05, 4.69) is 6.58 Å². The molecule has 0 aromatic heterocycles. The highest BCUT2D eigenvalue weighted by Gasteiger charge is 1.95. The minimum absolute atomic E-state index is 0.163. The maximum atomic E-state index is 10.6. The average Bonchev–Trinajstić information content (AvgIpc) is 2.04. The van der Waals surface area contributed by atoms with Crippen molar-refractivity contribution in [2.24, 2.45) is 0 Å². The summed E-state index contributed by atoms with van der Waals surface area (Å²) in [6.45, 7) is 6.13. The fourth-order valence-electron chi connectivity index (χ4n) is 0.514. The largest absolute Gasteiger partial charge is 0.502 e. The zero-order chi connectivity index (χ0) is 8.53. The van der Waals surface area contributed by atoms with Crippen LogP contribution >= 0.6 is 0 Å². The molecule has 0 fully saturated rings. The molecule has 64 valence electrons. The molecule has 0 aliphatic carbocycles. The van der Waals surface area contributed by atoms with Gasteiger partial charge in [0.2, 0.25) is 0 Å². The highest BCUT2D eigenvalue weighted by atomic mass is 16.5.